The minimum atomic E-state index is -6.21. The second-order valence-corrected chi connectivity index (χ2v) is 22.3. The predicted octanol–water partition coefficient (Wildman–Crippen LogP) is 18.3. The Morgan fingerprint density at radius 2 is 0.904 bits per heavy atom. The number of Topliss-reactive ketones (excluding diaryl/α,β-unsaturated/α-hetero) is 1. The van der Waals surface area contributed by atoms with Gasteiger partial charge in [-0.3, -0.25) is 4.79 Å². The fourth-order valence-electron chi connectivity index (χ4n) is 8.43. The van der Waals surface area contributed by atoms with Crippen molar-refractivity contribution in [3.05, 3.63) is 152 Å². The zero-order valence-corrected chi connectivity index (χ0v) is 45.9. The van der Waals surface area contributed by atoms with Gasteiger partial charge in [0, 0.05) is 69.3 Å². The van der Waals surface area contributed by atoms with Crippen molar-refractivity contribution >= 4 is 65.5 Å². The van der Waals surface area contributed by atoms with Crippen LogP contribution in [0.15, 0.2) is 97.6 Å². The number of carboxylic acids is 1. The highest BCUT2D eigenvalue weighted by Gasteiger charge is 2.74. The molecule has 0 spiro atoms. The normalized spacial score (nSPS) is 14.3. The molecule has 83 heavy (non-hydrogen) atoms. The molecule has 0 amide bonds. The first kappa shape index (κ1) is 71.1. The summed E-state index contributed by atoms with van der Waals surface area (Å²) in [5.74, 6) is -1.52. The Morgan fingerprint density at radius 1 is 0.578 bits per heavy atom. The summed E-state index contributed by atoms with van der Waals surface area (Å²) in [5.41, 5.74) is -7.18. The van der Waals surface area contributed by atoms with E-state index in [-0.39, 0.29) is 81.9 Å². The van der Waals surface area contributed by atoms with Crippen molar-refractivity contribution in [2.75, 3.05) is 0 Å². The van der Waals surface area contributed by atoms with Gasteiger partial charge in [0.2, 0.25) is 9.23 Å². The molecule has 8 rings (SSSR count). The number of hydrogen-bond acceptors (Lipinski definition) is 6. The minimum absolute atomic E-state index is 0. The van der Waals surface area contributed by atoms with E-state index in [4.69, 9.17) is 38.4 Å². The Morgan fingerprint density at radius 3 is 1.17 bits per heavy atom. The third-order valence-corrected chi connectivity index (χ3v) is 13.6. The number of nitrogens with two attached hydrogens (primary N) is 1. The molecule has 2 heterocycles. The van der Waals surface area contributed by atoms with E-state index < -0.39 is 73.3 Å². The van der Waals surface area contributed by atoms with Crippen LogP contribution in [0, 0.1) is 55.8 Å². The molecule has 2 fully saturated rings. The molecule has 0 aliphatic heterocycles. The Kier molecular flexibility index (Phi) is 22.3. The average molecular weight is 1280 g/mol. The first-order valence-electron chi connectivity index (χ1n) is 23.1. The molecular weight excluding hydrogens is 1230 g/mol. The lowest BCUT2D eigenvalue weighted by Gasteiger charge is -2.31. The maximum absolute atomic E-state index is 14.6. The number of nitrogens with zero attached hydrogens (tertiary/aromatic N) is 4. The molecular formula is C55H49Cl4F14N5O4S. The molecule has 2 aliphatic carbocycles. The van der Waals surface area contributed by atoms with Crippen molar-refractivity contribution in [1.29, 1.82) is 10.5 Å². The number of carboxylic acid groups (broad SMARTS) is 1. The molecule has 28 heteroatoms. The van der Waals surface area contributed by atoms with Gasteiger partial charge >= 0.3 is 42.0 Å². The molecule has 9 nitrogen and oxygen atoms in total. The van der Waals surface area contributed by atoms with E-state index in [0.717, 1.165) is 12.8 Å². The lowest BCUT2D eigenvalue weighted by Crippen LogP contribution is -2.50. The van der Waals surface area contributed by atoms with E-state index in [1.165, 1.54) is 67.4 Å². The highest BCUT2D eigenvalue weighted by atomic mass is 36.0. The van der Waals surface area contributed by atoms with E-state index in [1.54, 1.807) is 42.7 Å². The number of benzene rings is 4. The van der Waals surface area contributed by atoms with Gasteiger partial charge in [-0.15, -0.1) is 0 Å². The molecule has 2 saturated carbocycles. The molecule has 0 saturated heterocycles. The summed E-state index contributed by atoms with van der Waals surface area (Å²) in [7, 11) is 7.36. The maximum Gasteiger partial charge on any atom is 0.435 e. The molecule has 0 atom stereocenters. The summed E-state index contributed by atoms with van der Waals surface area (Å²) in [6, 6.07) is 18.6. The Labute approximate surface area is 488 Å². The van der Waals surface area contributed by atoms with Crippen LogP contribution in [0.25, 0.3) is 33.6 Å². The fourth-order valence-corrected chi connectivity index (χ4v) is 8.85. The number of alkyl halides is 14. The number of nitriles is 2. The summed E-state index contributed by atoms with van der Waals surface area (Å²) in [4.78, 5) is 24.1. The Balaban J connectivity index is 0.000000367. The fraction of sp³-hybridized carbons (Fsp3) is 0.345. The minimum Gasteiger partial charge on any atom is -0.478 e. The molecule has 4 aromatic carbocycles. The Bertz CT molecular complexity index is 3400. The second-order valence-electron chi connectivity index (χ2n) is 19.0. The average Bonchev–Trinajstić information content (AvgIpc) is 4.20. The smallest absolute Gasteiger partial charge is 0.435 e. The predicted molar refractivity (Wildman–Crippen MR) is 289 cm³/mol. The van der Waals surface area contributed by atoms with Crippen molar-refractivity contribution < 1.29 is 80.4 Å². The number of carbonyl (C=O) groups is 2. The van der Waals surface area contributed by atoms with Crippen LogP contribution >= 0.6 is 44.6 Å². The van der Waals surface area contributed by atoms with Crippen LogP contribution < -0.4 is 5.73 Å². The van der Waals surface area contributed by atoms with Gasteiger partial charge in [-0.25, -0.2) is 17.8 Å². The van der Waals surface area contributed by atoms with Crippen LogP contribution in [0.4, 0.5) is 61.5 Å². The van der Waals surface area contributed by atoms with E-state index in [2.05, 4.69) is 27.4 Å². The first-order valence-corrected chi connectivity index (χ1v) is 26.6. The third kappa shape index (κ3) is 15.6. The molecule has 2 aliphatic rings. The molecule has 0 bridgehead atoms. The molecule has 0 unspecified atom stereocenters. The van der Waals surface area contributed by atoms with Gasteiger partial charge in [-0.2, -0.15) is 63.2 Å². The van der Waals surface area contributed by atoms with Gasteiger partial charge in [0.05, 0.1) is 44.5 Å². The largest absolute Gasteiger partial charge is 0.478 e. The van der Waals surface area contributed by atoms with E-state index in [1.807, 2.05) is 6.07 Å². The van der Waals surface area contributed by atoms with Crippen molar-refractivity contribution in [1.82, 2.24) is 9.13 Å². The van der Waals surface area contributed by atoms with Crippen LogP contribution in [0.1, 0.15) is 101 Å². The standard InChI is InChI=1S/C27H20ClF7N2O.C22H15ClF7NO2.C4H6N2.2CH4.Cl2OS/c1-15-9-19(25(29,26(30,31)32)27(33,34)35)10-16(2)23(15)37-8-5-18(13-37)17-3-4-21(28)20(11-17)22(38)12-24(14-36)6-7-24;1-11-7-15(20(24,21(25,26)27)22(28,29)30)8-12(2)18(11)31-6-5-14(10-31)13-3-4-17(23)16(9-13)19(32)33;5-3-4(6)1-2-4;;;1-4(2)3/h3-5,8-11,13H,6-7,12H2,1-2H3;3-10H,1-2H3,(H,32,33);1-2,6H2;2*1H4;. The summed E-state index contributed by atoms with van der Waals surface area (Å²) >= 11 is 12.1. The quantitative estimate of drug-likeness (QED) is 0.0786. The number of hydrogen-bond donors (Lipinski definition) is 2. The Hall–Kier alpha value is -6.15. The zero-order chi connectivity index (χ0) is 61.4. The third-order valence-electron chi connectivity index (χ3n) is 13.0. The van der Waals surface area contributed by atoms with E-state index in [9.17, 15) is 81.4 Å². The van der Waals surface area contributed by atoms with Gasteiger partial charge in [0.1, 0.15) is 5.54 Å². The van der Waals surface area contributed by atoms with Crippen LogP contribution in [0.2, 0.25) is 10.0 Å². The molecule has 3 N–H and O–H groups in total. The monoisotopic (exact) mass is 1280 g/mol. The summed E-state index contributed by atoms with van der Waals surface area (Å²) < 4.78 is 199. The number of halogens is 18. The van der Waals surface area contributed by atoms with Crippen molar-refractivity contribution in [2.24, 2.45) is 11.1 Å². The SMILES string of the molecule is C.C.Cc1cc(C(F)(C(F)(F)F)C(F)(F)F)cc(C)c1-n1ccc(-c2ccc(Cl)c(C(=O)CC3(C#N)CC3)c2)c1.Cc1cc(C(F)(C(F)(F)F)C(F)(F)F)cc(C)c1-n1ccc(-c2ccc(Cl)c(C(=O)O)c2)c1.N#CC1(N)CC1.O=S(Cl)Cl. The van der Waals surface area contributed by atoms with E-state index in [0.29, 0.717) is 59.4 Å². The van der Waals surface area contributed by atoms with Crippen LogP contribution in [0.5, 0.6) is 0 Å². The number of aromatic nitrogens is 2. The summed E-state index contributed by atoms with van der Waals surface area (Å²) in [6.07, 6.45) is -15.6. The summed E-state index contributed by atoms with van der Waals surface area (Å²) in [5, 5.41) is 26.8. The number of carbonyl (C=O) groups excluding carboxylic acids is 1. The molecule has 6 aromatic rings. The lowest BCUT2D eigenvalue weighted by atomic mass is 9.90. The van der Waals surface area contributed by atoms with Crippen LogP contribution in [0.3, 0.4) is 0 Å². The zero-order valence-electron chi connectivity index (χ0n) is 42.0. The molecule has 450 valence electrons. The number of aromatic carboxylic acids is 1. The second kappa shape index (κ2) is 26.0. The molecule has 2 aromatic heterocycles. The number of aryl methyl sites for hydroxylation is 4. The maximum atomic E-state index is 14.6. The summed E-state index contributed by atoms with van der Waals surface area (Å²) in [6.45, 7) is 5.12. The van der Waals surface area contributed by atoms with Crippen LogP contribution in [-0.2, 0) is 20.6 Å². The first-order chi connectivity index (χ1) is 37.1. The highest BCUT2D eigenvalue weighted by molar-refractivity contribution is 8.26. The lowest BCUT2D eigenvalue weighted by molar-refractivity contribution is -0.349. The molecule has 0 radical (unpaired) electrons. The number of ketones is 1. The number of rotatable bonds is 10. The van der Waals surface area contributed by atoms with Gasteiger partial charge in [-0.1, -0.05) is 74.5 Å². The van der Waals surface area contributed by atoms with Crippen LogP contribution in [-0.4, -0.2) is 60.4 Å². The van der Waals surface area contributed by atoms with Crippen molar-refractivity contribution in [3.8, 4) is 45.8 Å². The topological polar surface area (TPSA) is 155 Å². The van der Waals surface area contributed by atoms with Gasteiger partial charge < -0.3 is 20.0 Å². The van der Waals surface area contributed by atoms with Crippen molar-refractivity contribution in [3.63, 3.8) is 0 Å². The van der Waals surface area contributed by atoms with Gasteiger partial charge in [0.15, 0.2) is 5.78 Å². The van der Waals surface area contributed by atoms with Gasteiger partial charge in [0.25, 0.3) is 0 Å². The highest BCUT2D eigenvalue weighted by Crippen LogP contribution is 2.55. The van der Waals surface area contributed by atoms with Crippen molar-refractivity contribution in [2.45, 2.75) is 116 Å². The van der Waals surface area contributed by atoms with E-state index >= 15 is 0 Å². The van der Waals surface area contributed by atoms with Gasteiger partial charge in [-0.05, 0) is 134 Å².